The molecule has 0 N–H and O–H groups in total. The lowest BCUT2D eigenvalue weighted by Gasteiger charge is -2.45. The summed E-state index contributed by atoms with van der Waals surface area (Å²) in [6, 6.07) is 13.1. The molecule has 2 aromatic carbocycles. The molecule has 28 heavy (non-hydrogen) atoms. The molecule has 0 aromatic heterocycles. The van der Waals surface area contributed by atoms with Gasteiger partial charge in [-0.3, -0.25) is 0 Å². The number of nitrogens with zero attached hydrogens (tertiary/aromatic N) is 1. The van der Waals surface area contributed by atoms with Gasteiger partial charge in [-0.15, -0.1) is 0 Å². The van der Waals surface area contributed by atoms with E-state index in [1.54, 1.807) is 16.7 Å². The molecule has 0 saturated heterocycles. The van der Waals surface area contributed by atoms with Gasteiger partial charge in [0.2, 0.25) is 0 Å². The van der Waals surface area contributed by atoms with Crippen molar-refractivity contribution < 1.29 is 0 Å². The van der Waals surface area contributed by atoms with Crippen molar-refractivity contribution in [3.8, 4) is 0 Å². The standard InChI is InChI=1S/C24H27Cl2NS/c1-23(2)13-17-8-11-27(28-15-16-6-7-20(25)21(26)12-16)14-18-4-3-5-19(22(17)18)24(23)9-10-24/h3-7,12,17H,8-11,13-15H2,1-2H3. The van der Waals surface area contributed by atoms with Gasteiger partial charge in [-0.2, -0.15) is 0 Å². The summed E-state index contributed by atoms with van der Waals surface area (Å²) in [6.45, 7) is 7.21. The summed E-state index contributed by atoms with van der Waals surface area (Å²) in [4.78, 5) is 0. The Balaban J connectivity index is 1.39. The molecule has 0 amide bonds. The Labute approximate surface area is 182 Å². The lowest BCUT2D eigenvalue weighted by atomic mass is 9.59. The van der Waals surface area contributed by atoms with Crippen LogP contribution in [-0.2, 0) is 17.7 Å². The van der Waals surface area contributed by atoms with E-state index in [4.69, 9.17) is 23.2 Å². The van der Waals surface area contributed by atoms with Gasteiger partial charge in [0.25, 0.3) is 0 Å². The van der Waals surface area contributed by atoms with Crippen molar-refractivity contribution in [2.45, 2.75) is 63.2 Å². The predicted octanol–water partition coefficient (Wildman–Crippen LogP) is 7.59. The summed E-state index contributed by atoms with van der Waals surface area (Å²) in [6.07, 6.45) is 5.35. The second-order valence-electron chi connectivity index (χ2n) is 9.42. The summed E-state index contributed by atoms with van der Waals surface area (Å²) in [5.74, 6) is 1.65. The average Bonchev–Trinajstić information content (AvgIpc) is 3.47. The van der Waals surface area contributed by atoms with E-state index in [0.717, 1.165) is 18.8 Å². The van der Waals surface area contributed by atoms with Crippen molar-refractivity contribution in [1.82, 2.24) is 4.31 Å². The molecule has 1 unspecified atom stereocenters. The van der Waals surface area contributed by atoms with E-state index >= 15 is 0 Å². The van der Waals surface area contributed by atoms with Gasteiger partial charge in [0.05, 0.1) is 10.0 Å². The molecule has 1 aliphatic heterocycles. The molecule has 3 aliphatic rings. The highest BCUT2D eigenvalue weighted by molar-refractivity contribution is 7.96. The van der Waals surface area contributed by atoms with Crippen molar-refractivity contribution in [2.24, 2.45) is 5.41 Å². The molecule has 1 fully saturated rings. The highest BCUT2D eigenvalue weighted by Crippen LogP contribution is 2.67. The quantitative estimate of drug-likeness (QED) is 0.460. The topological polar surface area (TPSA) is 3.24 Å². The Morgan fingerprint density at radius 1 is 1.11 bits per heavy atom. The third kappa shape index (κ3) is 3.12. The van der Waals surface area contributed by atoms with Crippen molar-refractivity contribution in [3.05, 3.63) is 68.7 Å². The molecule has 2 aromatic rings. The van der Waals surface area contributed by atoms with Crippen LogP contribution in [0.15, 0.2) is 36.4 Å². The number of benzene rings is 2. The number of rotatable bonds is 3. The molecule has 1 saturated carbocycles. The minimum atomic E-state index is 0.422. The molecule has 2 aliphatic carbocycles. The molecule has 0 radical (unpaired) electrons. The monoisotopic (exact) mass is 431 g/mol. The maximum atomic E-state index is 6.20. The van der Waals surface area contributed by atoms with E-state index in [-0.39, 0.29) is 0 Å². The molecule has 1 heterocycles. The van der Waals surface area contributed by atoms with E-state index in [1.807, 2.05) is 24.1 Å². The SMILES string of the molecule is CC1(C)CC2CCN(SCc3ccc(Cl)c(Cl)c3)Cc3cccc(c32)C12CC2. The molecule has 148 valence electrons. The van der Waals surface area contributed by atoms with Crippen LogP contribution in [0.5, 0.6) is 0 Å². The minimum Gasteiger partial charge on any atom is -0.246 e. The zero-order chi connectivity index (χ0) is 19.5. The van der Waals surface area contributed by atoms with E-state index < -0.39 is 0 Å². The maximum absolute atomic E-state index is 6.20. The molecule has 4 heteroatoms. The average molecular weight is 432 g/mol. The second-order valence-corrected chi connectivity index (χ2v) is 11.3. The molecular formula is C24H27Cl2NS. The van der Waals surface area contributed by atoms with Gasteiger partial charge in [-0.25, -0.2) is 4.31 Å². The summed E-state index contributed by atoms with van der Waals surface area (Å²) in [5, 5.41) is 1.28. The summed E-state index contributed by atoms with van der Waals surface area (Å²) < 4.78 is 2.56. The van der Waals surface area contributed by atoms with Crippen molar-refractivity contribution in [2.75, 3.05) is 6.54 Å². The number of hydrogen-bond acceptors (Lipinski definition) is 2. The number of fused-ring (bicyclic) bond motifs is 1. The first-order valence-electron chi connectivity index (χ1n) is 10.3. The Morgan fingerprint density at radius 2 is 1.93 bits per heavy atom. The molecule has 1 atom stereocenters. The van der Waals surface area contributed by atoms with Crippen LogP contribution in [0.25, 0.3) is 0 Å². The fraction of sp³-hybridized carbons (Fsp3) is 0.500. The van der Waals surface area contributed by atoms with Gasteiger partial charge in [-0.05, 0) is 71.4 Å². The van der Waals surface area contributed by atoms with Crippen LogP contribution in [0.3, 0.4) is 0 Å². The van der Waals surface area contributed by atoms with Crippen LogP contribution in [-0.4, -0.2) is 10.8 Å². The van der Waals surface area contributed by atoms with Crippen LogP contribution >= 0.6 is 35.1 Å². The lowest BCUT2D eigenvalue weighted by molar-refractivity contribution is 0.196. The van der Waals surface area contributed by atoms with Crippen molar-refractivity contribution in [1.29, 1.82) is 0 Å². The van der Waals surface area contributed by atoms with E-state index in [1.165, 1.54) is 31.2 Å². The largest absolute Gasteiger partial charge is 0.246 e. The Morgan fingerprint density at radius 3 is 2.68 bits per heavy atom. The fourth-order valence-electron chi connectivity index (χ4n) is 5.72. The summed E-state index contributed by atoms with van der Waals surface area (Å²) in [5.41, 5.74) is 7.06. The van der Waals surface area contributed by atoms with E-state index in [2.05, 4.69) is 42.4 Å². The Bertz CT molecular complexity index is 919. The number of halogens is 2. The first kappa shape index (κ1) is 19.3. The van der Waals surface area contributed by atoms with Gasteiger partial charge in [0.1, 0.15) is 0 Å². The Kier molecular flexibility index (Phi) is 4.79. The smallest absolute Gasteiger partial charge is 0.0595 e. The zero-order valence-corrected chi connectivity index (χ0v) is 18.9. The molecule has 1 spiro atoms. The first-order chi connectivity index (χ1) is 13.4. The van der Waals surface area contributed by atoms with Crippen LogP contribution in [0, 0.1) is 5.41 Å². The van der Waals surface area contributed by atoms with E-state index in [0.29, 0.717) is 26.8 Å². The normalized spacial score (nSPS) is 24.6. The highest BCUT2D eigenvalue weighted by Gasteiger charge is 2.59. The van der Waals surface area contributed by atoms with Crippen LogP contribution in [0.1, 0.15) is 67.7 Å². The fourth-order valence-corrected chi connectivity index (χ4v) is 7.02. The van der Waals surface area contributed by atoms with Crippen molar-refractivity contribution >= 4 is 35.1 Å². The Hall–Kier alpha value is -0.670. The third-order valence-electron chi connectivity index (χ3n) is 7.39. The van der Waals surface area contributed by atoms with Crippen LogP contribution < -0.4 is 0 Å². The molecular weight excluding hydrogens is 405 g/mol. The summed E-state index contributed by atoms with van der Waals surface area (Å²) >= 11 is 14.2. The van der Waals surface area contributed by atoms with Crippen LogP contribution in [0.2, 0.25) is 10.0 Å². The molecule has 0 bridgehead atoms. The van der Waals surface area contributed by atoms with Gasteiger partial charge in [0, 0.05) is 24.3 Å². The number of hydrogen-bond donors (Lipinski definition) is 0. The second kappa shape index (κ2) is 6.94. The summed E-state index contributed by atoms with van der Waals surface area (Å²) in [7, 11) is 0. The third-order valence-corrected chi connectivity index (χ3v) is 9.27. The predicted molar refractivity (Wildman–Crippen MR) is 121 cm³/mol. The first-order valence-corrected chi connectivity index (χ1v) is 12.0. The molecule has 1 nitrogen and oxygen atoms in total. The zero-order valence-electron chi connectivity index (χ0n) is 16.6. The van der Waals surface area contributed by atoms with Crippen molar-refractivity contribution in [3.63, 3.8) is 0 Å². The maximum Gasteiger partial charge on any atom is 0.0595 e. The van der Waals surface area contributed by atoms with E-state index in [9.17, 15) is 0 Å². The molecule has 5 rings (SSSR count). The van der Waals surface area contributed by atoms with Gasteiger partial charge < -0.3 is 0 Å². The van der Waals surface area contributed by atoms with Crippen LogP contribution in [0.4, 0.5) is 0 Å². The minimum absolute atomic E-state index is 0.422. The van der Waals surface area contributed by atoms with Gasteiger partial charge in [-0.1, -0.05) is 73.3 Å². The van der Waals surface area contributed by atoms with Gasteiger partial charge in [0.15, 0.2) is 0 Å². The lowest BCUT2D eigenvalue weighted by Crippen LogP contribution is -2.37. The highest BCUT2D eigenvalue weighted by atomic mass is 35.5. The van der Waals surface area contributed by atoms with Gasteiger partial charge >= 0.3 is 0 Å².